The molecule has 0 aliphatic heterocycles. The smallest absolute Gasteiger partial charge is 0.235 e. The van der Waals surface area contributed by atoms with E-state index in [1.54, 1.807) is 0 Å². The summed E-state index contributed by atoms with van der Waals surface area (Å²) in [4.78, 5) is 10.1. The molecule has 4 heterocycles. The first kappa shape index (κ1) is 27.9. The summed E-state index contributed by atoms with van der Waals surface area (Å²) in [6.45, 7) is 0. The van der Waals surface area contributed by atoms with Crippen LogP contribution in [0.5, 0.6) is 0 Å². The molecular weight excluding hydrogens is 625 g/mol. The average Bonchev–Trinajstić information content (AvgIpc) is 3.85. The Morgan fingerprint density at radius 3 is 1.63 bits per heavy atom. The lowest BCUT2D eigenvalue weighted by Crippen LogP contribution is -2.00. The summed E-state index contributed by atoms with van der Waals surface area (Å²) in [6.07, 6.45) is 1.81. The van der Waals surface area contributed by atoms with Crippen molar-refractivity contribution in [2.45, 2.75) is 0 Å². The van der Waals surface area contributed by atoms with E-state index >= 15 is 0 Å². The summed E-state index contributed by atoms with van der Waals surface area (Å²) in [7, 11) is 0. The molecule has 4 aromatic heterocycles. The number of aromatic nitrogens is 4. The van der Waals surface area contributed by atoms with Gasteiger partial charge in [-0.05, 0) is 59.2 Å². The molecule has 5 heteroatoms. The second-order valence-electron chi connectivity index (χ2n) is 13.0. The van der Waals surface area contributed by atoms with Crippen LogP contribution in [-0.4, -0.2) is 19.1 Å². The highest BCUT2D eigenvalue weighted by Crippen LogP contribution is 2.43. The molecule has 0 N–H and O–H groups in total. The third-order valence-corrected chi connectivity index (χ3v) is 10.2. The molecule has 0 bridgehead atoms. The zero-order chi connectivity index (χ0) is 33.5. The van der Waals surface area contributed by atoms with Crippen molar-refractivity contribution in [1.29, 1.82) is 0 Å². The van der Waals surface area contributed by atoms with Crippen molar-refractivity contribution in [3.63, 3.8) is 0 Å². The lowest BCUT2D eigenvalue weighted by atomic mass is 9.92. The molecule has 0 saturated carbocycles. The number of rotatable bonds is 4. The minimum absolute atomic E-state index is 0.614. The molecule has 51 heavy (non-hydrogen) atoms. The highest BCUT2D eigenvalue weighted by atomic mass is 16.3. The third kappa shape index (κ3) is 4.09. The Bertz CT molecular complexity index is 3040. The monoisotopic (exact) mass is 652 g/mol. The number of benzene rings is 7. The first-order chi connectivity index (χ1) is 25.3. The van der Waals surface area contributed by atoms with Crippen LogP contribution >= 0.6 is 0 Å². The highest BCUT2D eigenvalue weighted by Gasteiger charge is 2.21. The van der Waals surface area contributed by atoms with Crippen LogP contribution in [0.1, 0.15) is 0 Å². The van der Waals surface area contributed by atoms with E-state index in [0.717, 1.165) is 55.5 Å². The van der Waals surface area contributed by atoms with Gasteiger partial charge in [-0.15, -0.1) is 0 Å². The topological polar surface area (TPSA) is 48.8 Å². The van der Waals surface area contributed by atoms with E-state index in [0.29, 0.717) is 11.5 Å². The molecule has 0 atom stereocenters. The second kappa shape index (κ2) is 10.8. The van der Waals surface area contributed by atoms with Gasteiger partial charge < -0.3 is 8.98 Å². The maximum absolute atomic E-state index is 6.38. The zero-order valence-electron chi connectivity index (χ0n) is 27.4. The van der Waals surface area contributed by atoms with Crippen molar-refractivity contribution in [1.82, 2.24) is 19.1 Å². The SMILES string of the molecule is c1ccc(-c2cccc(-n3c4ccccc4c4ccccc43)c2-c2ccc3oc4cnc(-n5c6ccccc6c6ccccc65)nc4c3c2)cc1. The van der Waals surface area contributed by atoms with Crippen LogP contribution in [0.3, 0.4) is 0 Å². The molecule has 0 aliphatic carbocycles. The molecule has 238 valence electrons. The zero-order valence-corrected chi connectivity index (χ0v) is 27.4. The van der Waals surface area contributed by atoms with Crippen LogP contribution in [0, 0.1) is 0 Å². The quantitative estimate of drug-likeness (QED) is 0.190. The minimum Gasteiger partial charge on any atom is -0.453 e. The molecule has 5 nitrogen and oxygen atoms in total. The molecular formula is C46H28N4O. The van der Waals surface area contributed by atoms with Crippen molar-refractivity contribution in [2.24, 2.45) is 0 Å². The molecule has 7 aromatic carbocycles. The molecule has 0 unspecified atom stereocenters. The van der Waals surface area contributed by atoms with Gasteiger partial charge in [-0.2, -0.15) is 0 Å². The van der Waals surface area contributed by atoms with Gasteiger partial charge in [-0.1, -0.05) is 121 Å². The van der Waals surface area contributed by atoms with Crippen LogP contribution < -0.4 is 0 Å². The molecule has 0 aliphatic rings. The second-order valence-corrected chi connectivity index (χ2v) is 13.0. The van der Waals surface area contributed by atoms with Crippen molar-refractivity contribution in [2.75, 3.05) is 0 Å². The first-order valence-corrected chi connectivity index (χ1v) is 17.2. The van der Waals surface area contributed by atoms with Crippen molar-refractivity contribution >= 4 is 65.7 Å². The molecule has 0 saturated heterocycles. The Labute approximate surface area is 292 Å². The fourth-order valence-electron chi connectivity index (χ4n) is 8.02. The lowest BCUT2D eigenvalue weighted by Gasteiger charge is -2.18. The first-order valence-electron chi connectivity index (χ1n) is 17.2. The highest BCUT2D eigenvalue weighted by molar-refractivity contribution is 6.12. The van der Waals surface area contributed by atoms with E-state index in [4.69, 9.17) is 14.4 Å². The summed E-state index contributed by atoms with van der Waals surface area (Å²) in [5.41, 5.74) is 12.3. The van der Waals surface area contributed by atoms with E-state index < -0.39 is 0 Å². The van der Waals surface area contributed by atoms with E-state index in [-0.39, 0.29) is 0 Å². The van der Waals surface area contributed by atoms with E-state index in [9.17, 15) is 0 Å². The van der Waals surface area contributed by atoms with Gasteiger partial charge in [0.25, 0.3) is 0 Å². The Morgan fingerprint density at radius 2 is 1.00 bits per heavy atom. The van der Waals surface area contributed by atoms with E-state index in [1.807, 2.05) is 6.20 Å². The number of hydrogen-bond acceptors (Lipinski definition) is 3. The minimum atomic E-state index is 0.614. The van der Waals surface area contributed by atoms with E-state index in [1.165, 1.54) is 32.6 Å². The molecule has 0 fully saturated rings. The Kier molecular flexibility index (Phi) is 5.89. The number of hydrogen-bond donors (Lipinski definition) is 0. The largest absolute Gasteiger partial charge is 0.453 e. The number of nitrogens with zero attached hydrogens (tertiary/aromatic N) is 4. The van der Waals surface area contributed by atoms with Gasteiger partial charge in [0.2, 0.25) is 5.95 Å². The summed E-state index contributed by atoms with van der Waals surface area (Å²) >= 11 is 0. The van der Waals surface area contributed by atoms with Crippen molar-refractivity contribution in [3.8, 4) is 33.9 Å². The van der Waals surface area contributed by atoms with Crippen molar-refractivity contribution < 1.29 is 4.42 Å². The van der Waals surface area contributed by atoms with Crippen LogP contribution in [0.25, 0.3) is 99.6 Å². The lowest BCUT2D eigenvalue weighted by molar-refractivity contribution is 0.665. The van der Waals surface area contributed by atoms with Gasteiger partial charge in [0.15, 0.2) is 5.58 Å². The summed E-state index contributed by atoms with van der Waals surface area (Å²) in [5.74, 6) is 0.614. The maximum atomic E-state index is 6.38. The summed E-state index contributed by atoms with van der Waals surface area (Å²) in [5, 5.41) is 5.75. The fraction of sp³-hybridized carbons (Fsp3) is 0. The number of fused-ring (bicyclic) bond motifs is 9. The summed E-state index contributed by atoms with van der Waals surface area (Å²) < 4.78 is 10.9. The van der Waals surface area contributed by atoms with Crippen LogP contribution in [0.4, 0.5) is 0 Å². The molecule has 0 amide bonds. The van der Waals surface area contributed by atoms with E-state index in [2.05, 4.69) is 173 Å². The molecule has 0 radical (unpaired) electrons. The van der Waals surface area contributed by atoms with Crippen LogP contribution in [0.15, 0.2) is 174 Å². The Balaban J connectivity index is 1.19. The fourth-order valence-corrected chi connectivity index (χ4v) is 8.02. The van der Waals surface area contributed by atoms with Gasteiger partial charge in [0.1, 0.15) is 11.1 Å². The maximum Gasteiger partial charge on any atom is 0.235 e. The molecule has 0 spiro atoms. The predicted octanol–water partition coefficient (Wildman–Crippen LogP) is 11.9. The van der Waals surface area contributed by atoms with Gasteiger partial charge in [-0.25, -0.2) is 9.97 Å². The Morgan fingerprint density at radius 1 is 0.431 bits per heavy atom. The summed E-state index contributed by atoms with van der Waals surface area (Å²) in [6, 6.07) is 58.0. The van der Waals surface area contributed by atoms with Gasteiger partial charge in [0.05, 0.1) is 34.0 Å². The van der Waals surface area contributed by atoms with Crippen molar-refractivity contribution in [3.05, 3.63) is 170 Å². The van der Waals surface area contributed by atoms with Gasteiger partial charge in [0, 0.05) is 32.5 Å². The van der Waals surface area contributed by atoms with Gasteiger partial charge >= 0.3 is 0 Å². The molecule has 11 aromatic rings. The average molecular weight is 653 g/mol. The molecule has 11 rings (SSSR count). The predicted molar refractivity (Wildman–Crippen MR) is 209 cm³/mol. The van der Waals surface area contributed by atoms with Crippen LogP contribution in [-0.2, 0) is 0 Å². The number of furan rings is 1. The number of para-hydroxylation sites is 4. The Hall–Kier alpha value is -6.98. The normalized spacial score (nSPS) is 11.9. The standard InChI is InChI=1S/C46H28N4O/c1-2-13-29(14-3-1)31-19-12-24-41(49-37-20-8-4-15-32(37)33-16-5-9-21-38(33)49)44(31)30-25-26-42-36(27-30)45-43(51-42)28-47-46(48-45)50-39-22-10-6-17-34(39)35-18-7-11-23-40(35)50/h1-28H. The van der Waals surface area contributed by atoms with Gasteiger partial charge in [-0.3, -0.25) is 4.57 Å². The third-order valence-electron chi connectivity index (χ3n) is 10.2. The van der Waals surface area contributed by atoms with Crippen LogP contribution in [0.2, 0.25) is 0 Å².